The highest BCUT2D eigenvalue weighted by Gasteiger charge is 2.27. The second-order valence-electron chi connectivity index (χ2n) is 6.58. The summed E-state index contributed by atoms with van der Waals surface area (Å²) in [5, 5.41) is 12.9. The molecule has 5 heteroatoms. The van der Waals surface area contributed by atoms with Gasteiger partial charge in [0.15, 0.2) is 0 Å². The number of nitrogens with one attached hydrogen (secondary N) is 1. The molecule has 2 rings (SSSR count). The molecule has 0 aromatic heterocycles. The van der Waals surface area contributed by atoms with E-state index in [0.29, 0.717) is 16.5 Å². The molecule has 0 saturated carbocycles. The third kappa shape index (κ3) is 4.39. The second-order valence-corrected chi connectivity index (χ2v) is 7.01. The standard InChI is InChI=1S/C18H24ClN3O/c1-12(2)13(3)21-18(23)14-6-8-22(9-7-14)17-5-4-16(19)10-15(17)11-20/h4-5,10,12-14H,6-9H2,1-3H3,(H,21,23). The van der Waals surface area contributed by atoms with Gasteiger partial charge in [-0.3, -0.25) is 4.79 Å². The fourth-order valence-corrected chi connectivity index (χ4v) is 2.94. The number of carbonyl (C=O) groups excluding carboxylic acids is 1. The monoisotopic (exact) mass is 333 g/mol. The van der Waals surface area contributed by atoms with E-state index in [9.17, 15) is 10.1 Å². The molecule has 0 bridgehead atoms. The van der Waals surface area contributed by atoms with Gasteiger partial charge in [-0.25, -0.2) is 0 Å². The lowest BCUT2D eigenvalue weighted by Gasteiger charge is -2.34. The Hall–Kier alpha value is -1.73. The minimum Gasteiger partial charge on any atom is -0.370 e. The van der Waals surface area contributed by atoms with Crippen molar-refractivity contribution in [2.45, 2.75) is 39.7 Å². The number of nitrogens with zero attached hydrogens (tertiary/aromatic N) is 2. The number of hydrogen-bond acceptors (Lipinski definition) is 3. The maximum absolute atomic E-state index is 12.3. The van der Waals surface area contributed by atoms with Crippen LogP contribution in [0.5, 0.6) is 0 Å². The quantitative estimate of drug-likeness (QED) is 0.916. The molecule has 1 N–H and O–H groups in total. The SMILES string of the molecule is CC(C)C(C)NC(=O)C1CCN(c2ccc(Cl)cc2C#N)CC1. The van der Waals surface area contributed by atoms with E-state index in [0.717, 1.165) is 31.6 Å². The highest BCUT2D eigenvalue weighted by molar-refractivity contribution is 6.30. The number of benzene rings is 1. The Kier molecular flexibility index (Phi) is 5.90. The van der Waals surface area contributed by atoms with Gasteiger partial charge in [0.1, 0.15) is 6.07 Å². The summed E-state index contributed by atoms with van der Waals surface area (Å²) in [7, 11) is 0. The first-order valence-corrected chi connectivity index (χ1v) is 8.55. The van der Waals surface area contributed by atoms with Crippen LogP contribution >= 0.6 is 11.6 Å². The minimum absolute atomic E-state index is 0.0604. The molecule has 0 radical (unpaired) electrons. The number of anilines is 1. The molecule has 1 aliphatic rings. The molecule has 124 valence electrons. The maximum atomic E-state index is 12.3. The van der Waals surface area contributed by atoms with Gasteiger partial charge in [-0.15, -0.1) is 0 Å². The summed E-state index contributed by atoms with van der Waals surface area (Å²) in [4.78, 5) is 14.5. The first-order chi connectivity index (χ1) is 10.9. The van der Waals surface area contributed by atoms with E-state index in [1.807, 2.05) is 13.0 Å². The summed E-state index contributed by atoms with van der Waals surface area (Å²) in [5.41, 5.74) is 1.50. The van der Waals surface area contributed by atoms with Gasteiger partial charge in [0.25, 0.3) is 0 Å². The fourth-order valence-electron chi connectivity index (χ4n) is 2.77. The van der Waals surface area contributed by atoms with Gasteiger partial charge in [-0.05, 0) is 43.9 Å². The van der Waals surface area contributed by atoms with Crippen LogP contribution in [0.15, 0.2) is 18.2 Å². The van der Waals surface area contributed by atoms with Crippen molar-refractivity contribution in [3.63, 3.8) is 0 Å². The summed E-state index contributed by atoms with van der Waals surface area (Å²) >= 11 is 5.95. The Bertz CT molecular complexity index is 601. The van der Waals surface area contributed by atoms with E-state index in [2.05, 4.69) is 30.1 Å². The number of halogens is 1. The van der Waals surface area contributed by atoms with Gasteiger partial charge < -0.3 is 10.2 Å². The van der Waals surface area contributed by atoms with E-state index >= 15 is 0 Å². The molecule has 0 spiro atoms. The number of amides is 1. The average Bonchev–Trinajstić information content (AvgIpc) is 2.54. The summed E-state index contributed by atoms with van der Waals surface area (Å²) in [6.07, 6.45) is 1.62. The number of carbonyl (C=O) groups is 1. The molecule has 1 unspecified atom stereocenters. The Morgan fingerprint density at radius 3 is 2.57 bits per heavy atom. The van der Waals surface area contributed by atoms with Crippen molar-refractivity contribution in [3.05, 3.63) is 28.8 Å². The van der Waals surface area contributed by atoms with Gasteiger partial charge in [-0.1, -0.05) is 25.4 Å². The highest BCUT2D eigenvalue weighted by Crippen LogP contribution is 2.28. The normalized spacial score (nSPS) is 17.0. The number of hydrogen-bond donors (Lipinski definition) is 1. The van der Waals surface area contributed by atoms with Gasteiger partial charge in [0.05, 0.1) is 11.3 Å². The van der Waals surface area contributed by atoms with Gasteiger partial charge in [-0.2, -0.15) is 5.26 Å². The third-order valence-corrected chi connectivity index (χ3v) is 4.89. The molecule has 1 aliphatic heterocycles. The molecular formula is C18H24ClN3O. The van der Waals surface area contributed by atoms with E-state index in [1.54, 1.807) is 12.1 Å². The molecule has 0 aliphatic carbocycles. The first-order valence-electron chi connectivity index (χ1n) is 8.17. The van der Waals surface area contributed by atoms with E-state index < -0.39 is 0 Å². The molecule has 4 nitrogen and oxygen atoms in total. The van der Waals surface area contributed by atoms with Crippen LogP contribution in [0.4, 0.5) is 5.69 Å². The molecule has 1 fully saturated rings. The van der Waals surface area contributed by atoms with Crippen molar-refractivity contribution in [1.82, 2.24) is 5.32 Å². The smallest absolute Gasteiger partial charge is 0.223 e. The molecular weight excluding hydrogens is 310 g/mol. The zero-order chi connectivity index (χ0) is 17.0. The van der Waals surface area contributed by atoms with Crippen LogP contribution in [-0.4, -0.2) is 25.0 Å². The molecule has 1 saturated heterocycles. The van der Waals surface area contributed by atoms with Crippen LogP contribution in [0.3, 0.4) is 0 Å². The van der Waals surface area contributed by atoms with Crippen LogP contribution in [0, 0.1) is 23.2 Å². The molecule has 1 atom stereocenters. The first kappa shape index (κ1) is 17.6. The molecule has 1 aromatic rings. The second kappa shape index (κ2) is 7.70. The van der Waals surface area contributed by atoms with Crippen LogP contribution in [0.1, 0.15) is 39.2 Å². The fraction of sp³-hybridized carbons (Fsp3) is 0.556. The molecule has 1 amide bonds. The van der Waals surface area contributed by atoms with Gasteiger partial charge >= 0.3 is 0 Å². The minimum atomic E-state index is 0.0604. The highest BCUT2D eigenvalue weighted by atomic mass is 35.5. The van der Waals surface area contributed by atoms with Gasteiger partial charge in [0, 0.05) is 30.1 Å². The van der Waals surface area contributed by atoms with Crippen molar-refractivity contribution >= 4 is 23.2 Å². The topological polar surface area (TPSA) is 56.1 Å². The summed E-state index contributed by atoms with van der Waals surface area (Å²) in [5.74, 6) is 0.652. The lowest BCUT2D eigenvalue weighted by Crippen LogP contribution is -2.44. The van der Waals surface area contributed by atoms with E-state index in [-0.39, 0.29) is 17.9 Å². The van der Waals surface area contributed by atoms with Crippen LogP contribution in [0.2, 0.25) is 5.02 Å². The van der Waals surface area contributed by atoms with Crippen molar-refractivity contribution in [2.24, 2.45) is 11.8 Å². The third-order valence-electron chi connectivity index (χ3n) is 4.66. The summed E-state index contributed by atoms with van der Waals surface area (Å²) in [6.45, 7) is 7.83. The summed E-state index contributed by atoms with van der Waals surface area (Å²) < 4.78 is 0. The van der Waals surface area contributed by atoms with E-state index in [4.69, 9.17) is 11.6 Å². The molecule has 1 aromatic carbocycles. The number of rotatable bonds is 4. The Labute approximate surface area is 143 Å². The van der Waals surface area contributed by atoms with E-state index in [1.165, 1.54) is 0 Å². The molecule has 1 heterocycles. The Balaban J connectivity index is 1.97. The Morgan fingerprint density at radius 1 is 1.35 bits per heavy atom. The zero-order valence-electron chi connectivity index (χ0n) is 14.0. The molecule has 23 heavy (non-hydrogen) atoms. The van der Waals surface area contributed by atoms with Crippen molar-refractivity contribution < 1.29 is 4.79 Å². The van der Waals surface area contributed by atoms with Crippen molar-refractivity contribution in [3.8, 4) is 6.07 Å². The van der Waals surface area contributed by atoms with Crippen molar-refractivity contribution in [2.75, 3.05) is 18.0 Å². The number of piperidine rings is 1. The predicted octanol–water partition coefficient (Wildman–Crippen LogP) is 3.59. The average molecular weight is 334 g/mol. The lowest BCUT2D eigenvalue weighted by molar-refractivity contribution is -0.126. The predicted molar refractivity (Wildman–Crippen MR) is 93.5 cm³/mol. The lowest BCUT2D eigenvalue weighted by atomic mass is 9.94. The van der Waals surface area contributed by atoms with Crippen LogP contribution < -0.4 is 10.2 Å². The summed E-state index contributed by atoms with van der Waals surface area (Å²) in [6, 6.07) is 7.79. The van der Waals surface area contributed by atoms with Gasteiger partial charge in [0.2, 0.25) is 5.91 Å². The van der Waals surface area contributed by atoms with Crippen molar-refractivity contribution in [1.29, 1.82) is 5.26 Å². The largest absolute Gasteiger partial charge is 0.370 e. The van der Waals surface area contributed by atoms with Crippen LogP contribution in [-0.2, 0) is 4.79 Å². The number of nitriles is 1. The Morgan fingerprint density at radius 2 is 2.00 bits per heavy atom. The maximum Gasteiger partial charge on any atom is 0.223 e. The zero-order valence-corrected chi connectivity index (χ0v) is 14.7. The van der Waals surface area contributed by atoms with Crippen LogP contribution in [0.25, 0.3) is 0 Å².